The van der Waals surface area contributed by atoms with E-state index in [4.69, 9.17) is 9.47 Å². The predicted octanol–water partition coefficient (Wildman–Crippen LogP) is 0.328. The molecule has 0 bridgehead atoms. The van der Waals surface area contributed by atoms with Crippen molar-refractivity contribution >= 4 is 17.7 Å². The van der Waals surface area contributed by atoms with E-state index >= 15 is 0 Å². The molecule has 1 aromatic carbocycles. The van der Waals surface area contributed by atoms with Crippen LogP contribution in [0.15, 0.2) is 24.3 Å². The Morgan fingerprint density at radius 2 is 1.55 bits per heavy atom. The molecular weight excluding hydrogens is 430 g/mol. The van der Waals surface area contributed by atoms with Crippen LogP contribution in [-0.4, -0.2) is 78.6 Å². The zero-order valence-corrected chi connectivity index (χ0v) is 18.7. The maximum absolute atomic E-state index is 13.2. The maximum atomic E-state index is 13.2. The summed E-state index contributed by atoms with van der Waals surface area (Å²) in [7, 11) is 0. The number of hydrogen-bond acceptors (Lipinski definition) is 8. The predicted molar refractivity (Wildman–Crippen MR) is 119 cm³/mol. The molecule has 0 aliphatic carbocycles. The fourth-order valence-electron chi connectivity index (χ4n) is 4.04. The van der Waals surface area contributed by atoms with Gasteiger partial charge in [-0.05, 0) is 76.0 Å². The number of Topliss-reactive ketones (excluding diaryl/α,β-unsaturated/α-hetero) is 1. The van der Waals surface area contributed by atoms with Gasteiger partial charge in [0, 0.05) is 6.42 Å². The van der Waals surface area contributed by atoms with Crippen molar-refractivity contribution in [2.75, 3.05) is 32.8 Å². The van der Waals surface area contributed by atoms with Gasteiger partial charge >= 0.3 is 11.7 Å². The zero-order valence-electron chi connectivity index (χ0n) is 18.7. The molecule has 0 saturated carbocycles. The van der Waals surface area contributed by atoms with Crippen LogP contribution in [0.3, 0.4) is 0 Å². The normalized spacial score (nSPS) is 19.5. The van der Waals surface area contributed by atoms with Gasteiger partial charge < -0.3 is 35.6 Å². The van der Waals surface area contributed by atoms with Crippen LogP contribution in [0.4, 0.5) is 0 Å². The Bertz CT molecular complexity index is 805. The lowest BCUT2D eigenvalue weighted by molar-refractivity contribution is -0.190. The van der Waals surface area contributed by atoms with Gasteiger partial charge in [0.2, 0.25) is 5.91 Å². The van der Waals surface area contributed by atoms with Crippen molar-refractivity contribution < 1.29 is 34.1 Å². The highest BCUT2D eigenvalue weighted by Gasteiger charge is 2.50. The fraction of sp³-hybridized carbons (Fsp3) is 0.609. The fourth-order valence-corrected chi connectivity index (χ4v) is 4.04. The lowest BCUT2D eigenvalue weighted by atomic mass is 9.99. The Kier molecular flexibility index (Phi) is 9.19. The van der Waals surface area contributed by atoms with Crippen molar-refractivity contribution in [2.45, 2.75) is 56.5 Å². The van der Waals surface area contributed by atoms with E-state index in [2.05, 4.69) is 16.0 Å². The second kappa shape index (κ2) is 12.1. The number of aromatic hydroxyl groups is 1. The van der Waals surface area contributed by atoms with E-state index < -0.39 is 29.5 Å². The van der Waals surface area contributed by atoms with Gasteiger partial charge in [0.25, 0.3) is 0 Å². The summed E-state index contributed by atoms with van der Waals surface area (Å²) in [6.07, 6.45) is 2.09. The summed E-state index contributed by atoms with van der Waals surface area (Å²) in [6.45, 7) is 2.50. The first-order valence-electron chi connectivity index (χ1n) is 11.5. The number of phenolic OH excluding ortho intramolecular Hbond substituents is 1. The molecule has 182 valence electrons. The van der Waals surface area contributed by atoms with Gasteiger partial charge in [0.15, 0.2) is 5.78 Å². The molecule has 2 heterocycles. The van der Waals surface area contributed by atoms with Crippen LogP contribution < -0.4 is 16.0 Å². The van der Waals surface area contributed by atoms with Crippen LogP contribution in [0.25, 0.3) is 0 Å². The first-order chi connectivity index (χ1) is 15.9. The number of carboxylic acids is 1. The Morgan fingerprint density at radius 1 is 0.970 bits per heavy atom. The molecule has 0 spiro atoms. The Balaban J connectivity index is 1.70. The largest absolute Gasteiger partial charge is 0.508 e. The number of benzene rings is 1. The molecule has 2 fully saturated rings. The summed E-state index contributed by atoms with van der Waals surface area (Å²) in [5, 5.41) is 28.2. The number of ketones is 1. The number of phenols is 1. The van der Waals surface area contributed by atoms with Crippen LogP contribution in [-0.2, 0) is 30.3 Å². The summed E-state index contributed by atoms with van der Waals surface area (Å²) in [4.78, 5) is 38.3. The van der Waals surface area contributed by atoms with E-state index in [1.807, 2.05) is 0 Å². The molecule has 0 aromatic heterocycles. The SMILES string of the molecule is O=C(COC1CCNCC1)NC(OC1CCNCC1)(C(=O)O)C(=O)CCc1ccc(O)cc1. The highest BCUT2D eigenvalue weighted by Crippen LogP contribution is 2.22. The standard InChI is InChI=1S/C23H33N3O7/c27-17-4-1-16(2-5-17)3-6-20(28)23(22(30)31,33-19-9-13-25-14-10-19)26-21(29)15-32-18-7-11-24-12-8-18/h1-2,4-5,18-19,24-25,27H,3,6-15H2,(H,26,29)(H,30,31). The molecular formula is C23H33N3O7. The minimum Gasteiger partial charge on any atom is -0.508 e. The number of ether oxygens (including phenoxy) is 2. The Hall–Kier alpha value is -2.53. The first-order valence-corrected chi connectivity index (χ1v) is 11.5. The number of aryl methyl sites for hydroxylation is 1. The van der Waals surface area contributed by atoms with Crippen LogP contribution in [0.1, 0.15) is 37.7 Å². The van der Waals surface area contributed by atoms with Gasteiger partial charge in [-0.1, -0.05) is 12.1 Å². The number of carbonyl (C=O) groups excluding carboxylic acids is 2. The lowest BCUT2D eigenvalue weighted by Gasteiger charge is -2.35. The van der Waals surface area contributed by atoms with Gasteiger partial charge in [0.1, 0.15) is 12.4 Å². The van der Waals surface area contributed by atoms with Gasteiger partial charge in [-0.2, -0.15) is 0 Å². The highest BCUT2D eigenvalue weighted by atomic mass is 16.6. The summed E-state index contributed by atoms with van der Waals surface area (Å²) in [5.41, 5.74) is -1.73. The van der Waals surface area contributed by atoms with E-state index in [1.54, 1.807) is 12.1 Å². The van der Waals surface area contributed by atoms with Crippen molar-refractivity contribution in [1.82, 2.24) is 16.0 Å². The van der Waals surface area contributed by atoms with E-state index in [0.717, 1.165) is 31.5 Å². The molecule has 2 aliphatic heterocycles. The van der Waals surface area contributed by atoms with E-state index in [1.165, 1.54) is 12.1 Å². The molecule has 33 heavy (non-hydrogen) atoms. The van der Waals surface area contributed by atoms with Gasteiger partial charge in [0.05, 0.1) is 12.2 Å². The lowest BCUT2D eigenvalue weighted by Crippen LogP contribution is -2.64. The summed E-state index contributed by atoms with van der Waals surface area (Å²) < 4.78 is 11.5. The van der Waals surface area contributed by atoms with E-state index in [0.29, 0.717) is 25.9 Å². The maximum Gasteiger partial charge on any atom is 0.365 e. The molecule has 1 atom stereocenters. The number of aliphatic carboxylic acids is 1. The van der Waals surface area contributed by atoms with Crippen LogP contribution >= 0.6 is 0 Å². The second-order valence-electron chi connectivity index (χ2n) is 8.45. The minimum atomic E-state index is -2.48. The number of piperidine rings is 2. The summed E-state index contributed by atoms with van der Waals surface area (Å²) in [5.74, 6) is -2.90. The molecule has 2 aliphatic rings. The Labute approximate surface area is 193 Å². The molecule has 3 rings (SSSR count). The second-order valence-corrected chi connectivity index (χ2v) is 8.45. The van der Waals surface area contributed by atoms with Crippen LogP contribution in [0, 0.1) is 0 Å². The van der Waals surface area contributed by atoms with E-state index in [-0.39, 0.29) is 31.3 Å². The molecule has 2 saturated heterocycles. The number of rotatable bonds is 11. The van der Waals surface area contributed by atoms with Crippen molar-refractivity contribution in [3.05, 3.63) is 29.8 Å². The smallest absolute Gasteiger partial charge is 0.365 e. The van der Waals surface area contributed by atoms with E-state index in [9.17, 15) is 24.6 Å². The number of nitrogens with one attached hydrogen (secondary N) is 3. The number of carbonyl (C=O) groups is 3. The first kappa shape index (κ1) is 25.1. The number of amides is 1. The van der Waals surface area contributed by atoms with Gasteiger partial charge in [-0.3, -0.25) is 9.59 Å². The third kappa shape index (κ3) is 7.23. The molecule has 1 unspecified atom stereocenters. The average molecular weight is 464 g/mol. The van der Waals surface area contributed by atoms with Crippen molar-refractivity contribution in [3.63, 3.8) is 0 Å². The van der Waals surface area contributed by atoms with Crippen LogP contribution in [0.2, 0.25) is 0 Å². The molecule has 5 N–H and O–H groups in total. The third-order valence-electron chi connectivity index (χ3n) is 5.95. The number of carboxylic acid groups (broad SMARTS) is 1. The minimum absolute atomic E-state index is 0.0910. The van der Waals surface area contributed by atoms with Crippen LogP contribution in [0.5, 0.6) is 5.75 Å². The average Bonchev–Trinajstić information content (AvgIpc) is 2.83. The topological polar surface area (TPSA) is 146 Å². The van der Waals surface area contributed by atoms with Crippen molar-refractivity contribution in [2.24, 2.45) is 0 Å². The zero-order chi connectivity index (χ0) is 23.7. The summed E-state index contributed by atoms with van der Waals surface area (Å²) in [6, 6.07) is 6.31. The summed E-state index contributed by atoms with van der Waals surface area (Å²) >= 11 is 0. The van der Waals surface area contributed by atoms with Crippen molar-refractivity contribution in [1.29, 1.82) is 0 Å². The molecule has 1 aromatic rings. The van der Waals surface area contributed by atoms with Crippen molar-refractivity contribution in [3.8, 4) is 5.75 Å². The van der Waals surface area contributed by atoms with Gasteiger partial charge in [-0.15, -0.1) is 0 Å². The number of hydrogen-bond donors (Lipinski definition) is 5. The third-order valence-corrected chi connectivity index (χ3v) is 5.95. The quantitative estimate of drug-likeness (QED) is 0.231. The molecule has 1 amide bonds. The highest BCUT2D eigenvalue weighted by molar-refractivity contribution is 6.08. The Morgan fingerprint density at radius 3 is 2.12 bits per heavy atom. The van der Waals surface area contributed by atoms with Gasteiger partial charge in [-0.25, -0.2) is 4.79 Å². The molecule has 0 radical (unpaired) electrons. The monoisotopic (exact) mass is 463 g/mol. The molecule has 10 heteroatoms. The molecule has 10 nitrogen and oxygen atoms in total.